The van der Waals surface area contributed by atoms with Crippen LogP contribution in [0.15, 0.2) is 24.4 Å². The maximum Gasteiger partial charge on any atom is 0.322 e. The number of aromatic nitrogens is 1. The van der Waals surface area contributed by atoms with Crippen molar-refractivity contribution in [2.45, 2.75) is 6.92 Å². The number of carbonyl (C=O) groups excluding carboxylic acids is 1. The molecule has 102 valence electrons. The number of nitrogens with zero attached hydrogens (tertiary/aromatic N) is 3. The van der Waals surface area contributed by atoms with Crippen molar-refractivity contribution in [3.8, 4) is 0 Å². The summed E-state index contributed by atoms with van der Waals surface area (Å²) >= 11 is 0. The Hall–Kier alpha value is -2.70. The van der Waals surface area contributed by atoms with Crippen molar-refractivity contribution in [1.82, 2.24) is 10.3 Å². The number of non-ortho nitro benzene ring substituents is 1. The van der Waals surface area contributed by atoms with E-state index in [0.29, 0.717) is 29.7 Å². The van der Waals surface area contributed by atoms with E-state index in [1.807, 2.05) is 6.92 Å². The van der Waals surface area contributed by atoms with Gasteiger partial charge in [-0.1, -0.05) is 12.1 Å². The summed E-state index contributed by atoms with van der Waals surface area (Å²) in [7, 11) is 0. The van der Waals surface area contributed by atoms with E-state index < -0.39 is 4.92 Å². The average Bonchev–Trinajstić information content (AvgIpc) is 2.83. The second kappa shape index (κ2) is 4.44. The fourth-order valence-corrected chi connectivity index (χ4v) is 2.48. The zero-order valence-corrected chi connectivity index (χ0v) is 10.8. The predicted octanol–water partition coefficient (Wildman–Crippen LogP) is 1.98. The molecule has 7 heteroatoms. The number of fused-ring (bicyclic) bond motifs is 1. The summed E-state index contributed by atoms with van der Waals surface area (Å²) < 4.78 is 0. The van der Waals surface area contributed by atoms with E-state index in [-0.39, 0.29) is 11.7 Å². The predicted molar refractivity (Wildman–Crippen MR) is 73.9 cm³/mol. The zero-order valence-electron chi connectivity index (χ0n) is 10.8. The first kappa shape index (κ1) is 12.3. The SMILES string of the molecule is Cc1cnc2c([N+](=O)[O-])cccc2c1N1CCNC1=O. The minimum absolute atomic E-state index is 0.0524. The molecule has 1 N–H and O–H groups in total. The number of hydrogen-bond donors (Lipinski definition) is 1. The molecule has 1 aromatic heterocycles. The van der Waals surface area contributed by atoms with E-state index in [0.717, 1.165) is 5.56 Å². The fourth-order valence-electron chi connectivity index (χ4n) is 2.48. The number of nitro groups is 1. The number of aryl methyl sites for hydroxylation is 1. The van der Waals surface area contributed by atoms with Crippen LogP contribution in [0.1, 0.15) is 5.56 Å². The quantitative estimate of drug-likeness (QED) is 0.668. The number of nitro benzene ring substituents is 1. The van der Waals surface area contributed by atoms with Crippen molar-refractivity contribution in [2.24, 2.45) is 0 Å². The van der Waals surface area contributed by atoms with E-state index in [4.69, 9.17) is 0 Å². The van der Waals surface area contributed by atoms with Crippen LogP contribution in [0.3, 0.4) is 0 Å². The zero-order chi connectivity index (χ0) is 14.3. The van der Waals surface area contributed by atoms with Gasteiger partial charge in [-0.25, -0.2) is 9.78 Å². The van der Waals surface area contributed by atoms with Crippen LogP contribution in [0.2, 0.25) is 0 Å². The Morgan fingerprint density at radius 2 is 2.25 bits per heavy atom. The Morgan fingerprint density at radius 3 is 2.90 bits per heavy atom. The van der Waals surface area contributed by atoms with Crippen LogP contribution in [0.25, 0.3) is 10.9 Å². The van der Waals surface area contributed by atoms with Gasteiger partial charge in [0.2, 0.25) is 0 Å². The maximum absolute atomic E-state index is 11.8. The van der Waals surface area contributed by atoms with E-state index in [9.17, 15) is 14.9 Å². The summed E-state index contributed by atoms with van der Waals surface area (Å²) in [5.74, 6) is 0. The lowest BCUT2D eigenvalue weighted by Gasteiger charge is -2.18. The van der Waals surface area contributed by atoms with Gasteiger partial charge in [-0.3, -0.25) is 15.0 Å². The van der Waals surface area contributed by atoms with Gasteiger partial charge in [0.05, 0.1) is 10.6 Å². The first-order chi connectivity index (χ1) is 9.59. The summed E-state index contributed by atoms with van der Waals surface area (Å²) in [5.41, 5.74) is 1.75. The van der Waals surface area contributed by atoms with Crippen molar-refractivity contribution < 1.29 is 9.72 Å². The minimum Gasteiger partial charge on any atom is -0.336 e. The maximum atomic E-state index is 11.8. The Morgan fingerprint density at radius 1 is 1.45 bits per heavy atom. The lowest BCUT2D eigenvalue weighted by molar-refractivity contribution is -0.383. The molecule has 2 heterocycles. The van der Waals surface area contributed by atoms with E-state index in [2.05, 4.69) is 10.3 Å². The van der Waals surface area contributed by atoms with Crippen LogP contribution in [-0.4, -0.2) is 29.0 Å². The number of para-hydroxylation sites is 1. The van der Waals surface area contributed by atoms with Gasteiger partial charge in [-0.05, 0) is 12.5 Å². The molecule has 0 spiro atoms. The molecular weight excluding hydrogens is 260 g/mol. The highest BCUT2D eigenvalue weighted by atomic mass is 16.6. The van der Waals surface area contributed by atoms with Crippen molar-refractivity contribution in [1.29, 1.82) is 0 Å². The average molecular weight is 272 g/mol. The molecule has 1 aromatic carbocycles. The number of benzene rings is 1. The van der Waals surface area contributed by atoms with Crippen LogP contribution < -0.4 is 10.2 Å². The van der Waals surface area contributed by atoms with Crippen molar-refractivity contribution in [3.05, 3.63) is 40.1 Å². The molecule has 1 aliphatic heterocycles. The van der Waals surface area contributed by atoms with Crippen molar-refractivity contribution in [2.75, 3.05) is 18.0 Å². The molecular formula is C13H12N4O3. The summed E-state index contributed by atoms with van der Waals surface area (Å²) in [6.07, 6.45) is 1.57. The van der Waals surface area contributed by atoms with Gasteiger partial charge < -0.3 is 5.32 Å². The number of pyridine rings is 1. The fraction of sp³-hybridized carbons (Fsp3) is 0.231. The second-order valence-electron chi connectivity index (χ2n) is 4.60. The molecule has 0 atom stereocenters. The number of hydrogen-bond acceptors (Lipinski definition) is 4. The number of amides is 2. The molecule has 0 bridgehead atoms. The highest BCUT2D eigenvalue weighted by Gasteiger charge is 2.26. The molecule has 0 saturated carbocycles. The van der Waals surface area contributed by atoms with Gasteiger partial charge in [0.25, 0.3) is 5.69 Å². The van der Waals surface area contributed by atoms with Gasteiger partial charge in [-0.15, -0.1) is 0 Å². The summed E-state index contributed by atoms with van der Waals surface area (Å²) in [4.78, 5) is 28.2. The van der Waals surface area contributed by atoms with Crippen LogP contribution in [0.4, 0.5) is 16.2 Å². The molecule has 1 aliphatic rings. The van der Waals surface area contributed by atoms with Gasteiger partial charge in [0.1, 0.15) is 5.52 Å². The van der Waals surface area contributed by atoms with Gasteiger partial charge in [0.15, 0.2) is 0 Å². The normalized spacial score (nSPS) is 14.7. The van der Waals surface area contributed by atoms with Crippen LogP contribution in [0, 0.1) is 17.0 Å². The van der Waals surface area contributed by atoms with Crippen LogP contribution >= 0.6 is 0 Å². The van der Waals surface area contributed by atoms with E-state index in [1.165, 1.54) is 6.07 Å². The Balaban J connectivity index is 2.31. The number of nitrogens with one attached hydrogen (secondary N) is 1. The number of urea groups is 1. The number of carbonyl (C=O) groups is 1. The summed E-state index contributed by atoms with van der Waals surface area (Å²) in [5, 5.41) is 14.4. The second-order valence-corrected chi connectivity index (χ2v) is 4.60. The van der Waals surface area contributed by atoms with E-state index >= 15 is 0 Å². The van der Waals surface area contributed by atoms with Crippen LogP contribution in [-0.2, 0) is 0 Å². The number of anilines is 1. The summed E-state index contributed by atoms with van der Waals surface area (Å²) in [6.45, 7) is 2.95. The van der Waals surface area contributed by atoms with Gasteiger partial charge >= 0.3 is 6.03 Å². The largest absolute Gasteiger partial charge is 0.336 e. The first-order valence-corrected chi connectivity index (χ1v) is 6.17. The number of rotatable bonds is 2. The third kappa shape index (κ3) is 1.75. The smallest absolute Gasteiger partial charge is 0.322 e. The molecule has 1 fully saturated rings. The summed E-state index contributed by atoms with van der Waals surface area (Å²) in [6, 6.07) is 4.59. The molecule has 20 heavy (non-hydrogen) atoms. The Labute approximate surface area is 114 Å². The van der Waals surface area contributed by atoms with Crippen molar-refractivity contribution in [3.63, 3.8) is 0 Å². The Bertz CT molecular complexity index is 729. The van der Waals surface area contributed by atoms with Gasteiger partial charge in [0, 0.05) is 30.7 Å². The molecule has 0 unspecified atom stereocenters. The highest BCUT2D eigenvalue weighted by Crippen LogP contribution is 2.34. The molecule has 3 rings (SSSR count). The Kier molecular flexibility index (Phi) is 2.74. The molecule has 2 aromatic rings. The van der Waals surface area contributed by atoms with Gasteiger partial charge in [-0.2, -0.15) is 0 Å². The minimum atomic E-state index is -0.460. The monoisotopic (exact) mass is 272 g/mol. The molecule has 2 amide bonds. The lowest BCUT2D eigenvalue weighted by Crippen LogP contribution is -2.28. The topological polar surface area (TPSA) is 88.4 Å². The third-order valence-corrected chi connectivity index (χ3v) is 3.35. The first-order valence-electron chi connectivity index (χ1n) is 6.17. The van der Waals surface area contributed by atoms with Crippen molar-refractivity contribution >= 4 is 28.3 Å². The molecule has 0 aliphatic carbocycles. The van der Waals surface area contributed by atoms with E-state index in [1.54, 1.807) is 23.2 Å². The standard InChI is InChI=1S/C13H12N4O3/c1-8-7-15-11-9(3-2-4-10(11)17(19)20)12(8)16-6-5-14-13(16)18/h2-4,7H,5-6H2,1H3,(H,14,18). The molecule has 1 saturated heterocycles. The molecule has 7 nitrogen and oxygen atoms in total. The highest BCUT2D eigenvalue weighted by molar-refractivity contribution is 6.06. The molecule has 0 radical (unpaired) electrons. The van der Waals surface area contributed by atoms with Crippen LogP contribution in [0.5, 0.6) is 0 Å². The lowest BCUT2D eigenvalue weighted by atomic mass is 10.1. The third-order valence-electron chi connectivity index (χ3n) is 3.35.